The number of hydrogen-bond donors (Lipinski definition) is 1. The van der Waals surface area contributed by atoms with Crippen LogP contribution in [0.2, 0.25) is 0 Å². The summed E-state index contributed by atoms with van der Waals surface area (Å²) in [6.45, 7) is 1.41. The van der Waals surface area contributed by atoms with Gasteiger partial charge in [0.25, 0.3) is 0 Å². The lowest BCUT2D eigenvalue weighted by atomic mass is 9.86. The van der Waals surface area contributed by atoms with Crippen LogP contribution < -0.4 is 18.9 Å². The minimum absolute atomic E-state index is 0.0704. The van der Waals surface area contributed by atoms with E-state index in [9.17, 15) is 22.9 Å². The average molecular weight is 588 g/mol. The van der Waals surface area contributed by atoms with Gasteiger partial charge in [-0.2, -0.15) is 0 Å². The molecule has 10 nitrogen and oxygen atoms in total. The standard InChI is InChI=1S/C24H31NO6.C6H6O3S/c1-25(11-9-24(26)27)10-8-17-14-22(30-4)23(31-5)15-18(17)19(25)12-16-6-7-20(28-2)21(13-16)29-3;7-10(8,9)6-4-2-1-3-5-6/h6-7,13-15,19H,8-12H2,1-5H3;1-5H,(H,7,8,9)/t19-,25+;/m1./s1. The molecule has 0 amide bonds. The Morgan fingerprint density at radius 1 is 0.902 bits per heavy atom. The molecular formula is C30H37NO9S. The highest BCUT2D eigenvalue weighted by molar-refractivity contribution is 7.85. The van der Waals surface area contributed by atoms with Crippen LogP contribution in [0.5, 0.6) is 23.0 Å². The third-order valence-electron chi connectivity index (χ3n) is 7.39. The van der Waals surface area contributed by atoms with Crippen LogP contribution in [0.4, 0.5) is 0 Å². The van der Waals surface area contributed by atoms with E-state index in [1.54, 1.807) is 34.5 Å². The SMILES string of the molecule is COc1ccc(C[C@@H]2c3cc(OC)c(OC)cc3CC[N@@+]2(C)CCC(=O)O)cc1OC.O=S(=O)([O-])c1ccccc1. The Kier molecular flexibility index (Phi) is 10.6. The van der Waals surface area contributed by atoms with E-state index < -0.39 is 16.1 Å². The van der Waals surface area contributed by atoms with E-state index >= 15 is 0 Å². The second-order valence-electron chi connectivity index (χ2n) is 9.90. The summed E-state index contributed by atoms with van der Waals surface area (Å²) in [5.74, 6) is 1.99. The van der Waals surface area contributed by atoms with Crippen molar-refractivity contribution in [1.29, 1.82) is 0 Å². The summed E-state index contributed by atoms with van der Waals surface area (Å²) in [4.78, 5) is 11.2. The van der Waals surface area contributed by atoms with Crippen molar-refractivity contribution in [3.8, 4) is 23.0 Å². The molecule has 2 atom stereocenters. The van der Waals surface area contributed by atoms with E-state index in [1.165, 1.54) is 35.4 Å². The summed E-state index contributed by atoms with van der Waals surface area (Å²) < 4.78 is 53.4. The molecule has 0 aromatic heterocycles. The topological polar surface area (TPSA) is 131 Å². The van der Waals surface area contributed by atoms with Crippen molar-refractivity contribution in [3.63, 3.8) is 0 Å². The van der Waals surface area contributed by atoms with Crippen LogP contribution in [0, 0.1) is 0 Å². The maximum atomic E-state index is 11.4. The predicted molar refractivity (Wildman–Crippen MR) is 152 cm³/mol. The highest BCUT2D eigenvalue weighted by Crippen LogP contribution is 2.43. The largest absolute Gasteiger partial charge is 0.744 e. The number of carbonyl (C=O) groups is 1. The number of benzene rings is 3. The summed E-state index contributed by atoms with van der Waals surface area (Å²) in [6.07, 6.45) is 1.72. The first kappa shape index (κ1) is 31.7. The monoisotopic (exact) mass is 587 g/mol. The number of methoxy groups -OCH3 is 4. The zero-order valence-electron chi connectivity index (χ0n) is 24.0. The van der Waals surface area contributed by atoms with Crippen molar-refractivity contribution in [2.45, 2.75) is 30.2 Å². The van der Waals surface area contributed by atoms with Gasteiger partial charge in [0.15, 0.2) is 23.0 Å². The summed E-state index contributed by atoms with van der Waals surface area (Å²) in [7, 11) is 4.41. The molecule has 3 aromatic rings. The number of hydrogen-bond acceptors (Lipinski definition) is 8. The third-order valence-corrected chi connectivity index (χ3v) is 8.24. The number of carboxylic acids is 1. The second kappa shape index (κ2) is 13.7. The van der Waals surface area contributed by atoms with Crippen LogP contribution in [0.25, 0.3) is 0 Å². The van der Waals surface area contributed by atoms with Gasteiger partial charge < -0.3 is 33.1 Å². The van der Waals surface area contributed by atoms with E-state index in [4.69, 9.17) is 18.9 Å². The maximum Gasteiger partial charge on any atom is 0.309 e. The molecule has 0 saturated heterocycles. The predicted octanol–water partition coefficient (Wildman–Crippen LogP) is 4.07. The van der Waals surface area contributed by atoms with E-state index in [-0.39, 0.29) is 17.4 Å². The Bertz CT molecular complexity index is 1440. The number of fused-ring (bicyclic) bond motifs is 1. The first-order valence-corrected chi connectivity index (χ1v) is 14.4. The van der Waals surface area contributed by atoms with Gasteiger partial charge in [0.2, 0.25) is 0 Å². The number of ether oxygens (including phenoxy) is 4. The first-order chi connectivity index (χ1) is 19.4. The number of quaternary nitrogens is 1. The molecule has 0 aliphatic carbocycles. The number of nitrogens with zero attached hydrogens (tertiary/aromatic N) is 1. The number of rotatable bonds is 10. The molecule has 0 spiro atoms. The molecule has 0 bridgehead atoms. The van der Waals surface area contributed by atoms with Gasteiger partial charge in [0, 0.05) is 18.4 Å². The highest BCUT2D eigenvalue weighted by atomic mass is 32.2. The highest BCUT2D eigenvalue weighted by Gasteiger charge is 2.40. The van der Waals surface area contributed by atoms with E-state index in [0.29, 0.717) is 34.0 Å². The second-order valence-corrected chi connectivity index (χ2v) is 11.3. The molecule has 1 N–H and O–H groups in total. The molecule has 0 radical (unpaired) electrons. The molecule has 1 heterocycles. The molecule has 0 unspecified atom stereocenters. The Hall–Kier alpha value is -3.80. The smallest absolute Gasteiger partial charge is 0.309 e. The quantitative estimate of drug-likeness (QED) is 0.275. The van der Waals surface area contributed by atoms with Gasteiger partial charge in [-0.3, -0.25) is 4.79 Å². The van der Waals surface area contributed by atoms with Crippen LogP contribution in [0.1, 0.15) is 29.2 Å². The fraction of sp³-hybridized carbons (Fsp3) is 0.367. The molecule has 41 heavy (non-hydrogen) atoms. The van der Waals surface area contributed by atoms with Gasteiger partial charge in [-0.15, -0.1) is 0 Å². The van der Waals surface area contributed by atoms with Gasteiger partial charge in [-0.25, -0.2) is 8.42 Å². The molecule has 1 aliphatic rings. The zero-order chi connectivity index (χ0) is 30.2. The molecule has 1 aliphatic heterocycles. The van der Waals surface area contributed by atoms with E-state index in [1.807, 2.05) is 18.2 Å². The normalized spacial score (nSPS) is 17.9. The zero-order valence-corrected chi connectivity index (χ0v) is 24.8. The van der Waals surface area contributed by atoms with Crippen molar-refractivity contribution in [2.24, 2.45) is 0 Å². The van der Waals surface area contributed by atoms with Crippen LogP contribution in [0.3, 0.4) is 0 Å². The van der Waals surface area contributed by atoms with E-state index in [0.717, 1.165) is 24.9 Å². The Morgan fingerprint density at radius 3 is 2.02 bits per heavy atom. The molecular weight excluding hydrogens is 550 g/mol. The van der Waals surface area contributed by atoms with Crippen LogP contribution in [0.15, 0.2) is 65.6 Å². The fourth-order valence-corrected chi connectivity index (χ4v) is 5.59. The van der Waals surface area contributed by atoms with Crippen LogP contribution >= 0.6 is 0 Å². The van der Waals surface area contributed by atoms with Gasteiger partial charge in [-0.05, 0) is 47.5 Å². The molecule has 222 valence electrons. The van der Waals surface area contributed by atoms with Gasteiger partial charge in [0.05, 0.1) is 59.9 Å². The first-order valence-electron chi connectivity index (χ1n) is 13.0. The summed E-state index contributed by atoms with van der Waals surface area (Å²) in [6, 6.07) is 17.3. The lowest BCUT2D eigenvalue weighted by molar-refractivity contribution is -0.940. The van der Waals surface area contributed by atoms with Crippen molar-refractivity contribution >= 4 is 16.1 Å². The van der Waals surface area contributed by atoms with Gasteiger partial charge >= 0.3 is 5.97 Å². The van der Waals surface area contributed by atoms with E-state index in [2.05, 4.69) is 19.2 Å². The third kappa shape index (κ3) is 7.90. The van der Waals surface area contributed by atoms with Crippen molar-refractivity contribution in [3.05, 3.63) is 77.4 Å². The maximum absolute atomic E-state index is 11.4. The fourth-order valence-electron chi connectivity index (χ4n) is 5.10. The Balaban J connectivity index is 0.000000389. The van der Waals surface area contributed by atoms with Crippen molar-refractivity contribution in [2.75, 3.05) is 48.6 Å². The minimum Gasteiger partial charge on any atom is -0.744 e. The van der Waals surface area contributed by atoms with Crippen molar-refractivity contribution in [1.82, 2.24) is 0 Å². The minimum atomic E-state index is -4.25. The molecule has 0 fully saturated rings. The Labute approximate surface area is 241 Å². The average Bonchev–Trinajstić information content (AvgIpc) is 2.97. The molecule has 3 aromatic carbocycles. The van der Waals surface area contributed by atoms with Crippen molar-refractivity contribution < 1.29 is 46.3 Å². The molecule has 0 saturated carbocycles. The summed E-state index contributed by atoms with van der Waals surface area (Å²) >= 11 is 0. The Morgan fingerprint density at radius 2 is 1.49 bits per heavy atom. The number of aliphatic carboxylic acids is 1. The lowest BCUT2D eigenvalue weighted by Gasteiger charge is -2.46. The molecule has 11 heteroatoms. The van der Waals surface area contributed by atoms with Crippen LogP contribution in [-0.4, -0.2) is 77.1 Å². The summed E-state index contributed by atoms with van der Waals surface area (Å²) in [5, 5.41) is 9.33. The van der Waals surface area contributed by atoms with Crippen LogP contribution in [-0.2, 0) is 27.8 Å². The summed E-state index contributed by atoms with van der Waals surface area (Å²) in [5.41, 5.74) is 3.49. The lowest BCUT2D eigenvalue weighted by Crippen LogP contribution is -2.53. The van der Waals surface area contributed by atoms with Gasteiger partial charge in [0.1, 0.15) is 16.2 Å². The van der Waals surface area contributed by atoms with Gasteiger partial charge in [-0.1, -0.05) is 24.3 Å². The molecule has 4 rings (SSSR count). The number of likely N-dealkylation sites (N-methyl/N-ethyl adjacent to an activating group) is 1. The number of carboxylic acid groups (broad SMARTS) is 1.